The minimum Gasteiger partial charge on any atom is -0.371 e. The van der Waals surface area contributed by atoms with Crippen LogP contribution in [0.15, 0.2) is 25.3 Å². The minimum absolute atomic E-state index is 1.17. The Kier molecular flexibility index (Phi) is 3.14. The lowest BCUT2D eigenvalue weighted by Crippen LogP contribution is -2.19. The van der Waals surface area contributed by atoms with E-state index < -0.39 is 0 Å². The Labute approximate surface area is 98.1 Å². The summed E-state index contributed by atoms with van der Waals surface area (Å²) in [6.07, 6.45) is 6.49. The number of anilines is 1. The Bertz CT molecular complexity index is 412. The van der Waals surface area contributed by atoms with Crippen molar-refractivity contribution >= 4 is 17.8 Å². The first-order valence-electron chi connectivity index (χ1n) is 5.91. The standard InChI is InChI=1S/C15H19N/c1-4-13-12(3)8-9-15(14(13)5-2)16-10-6-7-11-16/h4-5,8-9H,1-2,6-7,10-11H2,3H3. The first-order chi connectivity index (χ1) is 7.77. The predicted molar refractivity (Wildman–Crippen MR) is 72.8 cm³/mol. The second-order valence-electron chi connectivity index (χ2n) is 4.33. The SMILES string of the molecule is C=Cc1c(C)ccc(N2CCCC2)c1C=C. The average molecular weight is 213 g/mol. The molecule has 1 fully saturated rings. The Morgan fingerprint density at radius 3 is 2.25 bits per heavy atom. The number of hydrogen-bond acceptors (Lipinski definition) is 1. The second-order valence-corrected chi connectivity index (χ2v) is 4.33. The first-order valence-corrected chi connectivity index (χ1v) is 5.91. The highest BCUT2D eigenvalue weighted by Gasteiger charge is 2.16. The lowest BCUT2D eigenvalue weighted by atomic mass is 9.99. The molecule has 0 spiro atoms. The van der Waals surface area contributed by atoms with Gasteiger partial charge in [-0.2, -0.15) is 0 Å². The molecule has 1 heterocycles. The molecule has 0 aliphatic carbocycles. The van der Waals surface area contributed by atoms with Gasteiger partial charge in [0.05, 0.1) is 0 Å². The van der Waals surface area contributed by atoms with Gasteiger partial charge in [-0.15, -0.1) is 0 Å². The third-order valence-electron chi connectivity index (χ3n) is 3.34. The maximum Gasteiger partial charge on any atom is 0.0445 e. The maximum absolute atomic E-state index is 3.94. The van der Waals surface area contributed by atoms with E-state index in [4.69, 9.17) is 0 Å². The summed E-state index contributed by atoms with van der Waals surface area (Å²) >= 11 is 0. The van der Waals surface area contributed by atoms with E-state index in [0.717, 1.165) is 0 Å². The van der Waals surface area contributed by atoms with E-state index >= 15 is 0 Å². The number of nitrogens with zero attached hydrogens (tertiary/aromatic N) is 1. The molecule has 0 saturated carbocycles. The highest BCUT2D eigenvalue weighted by atomic mass is 15.1. The summed E-state index contributed by atoms with van der Waals surface area (Å²) in [5.41, 5.74) is 5.04. The molecule has 0 amide bonds. The van der Waals surface area contributed by atoms with Crippen molar-refractivity contribution in [2.75, 3.05) is 18.0 Å². The smallest absolute Gasteiger partial charge is 0.0445 e. The van der Waals surface area contributed by atoms with Gasteiger partial charge in [0, 0.05) is 24.3 Å². The molecule has 84 valence electrons. The van der Waals surface area contributed by atoms with E-state index in [2.05, 4.69) is 37.1 Å². The topological polar surface area (TPSA) is 3.24 Å². The highest BCUT2D eigenvalue weighted by molar-refractivity contribution is 5.77. The molecule has 1 aliphatic rings. The van der Waals surface area contributed by atoms with Gasteiger partial charge in [-0.05, 0) is 37.0 Å². The molecule has 1 aliphatic heterocycles. The molecule has 0 radical (unpaired) electrons. The van der Waals surface area contributed by atoms with Crippen molar-refractivity contribution in [3.63, 3.8) is 0 Å². The van der Waals surface area contributed by atoms with Crippen LogP contribution in [0.2, 0.25) is 0 Å². The van der Waals surface area contributed by atoms with Crippen LogP contribution in [-0.4, -0.2) is 13.1 Å². The average Bonchev–Trinajstić information content (AvgIpc) is 2.81. The van der Waals surface area contributed by atoms with Crippen molar-refractivity contribution < 1.29 is 0 Å². The van der Waals surface area contributed by atoms with Gasteiger partial charge in [0.1, 0.15) is 0 Å². The van der Waals surface area contributed by atoms with Gasteiger partial charge in [-0.1, -0.05) is 31.4 Å². The summed E-state index contributed by atoms with van der Waals surface area (Å²) in [4.78, 5) is 2.45. The molecule has 0 unspecified atom stereocenters. The van der Waals surface area contributed by atoms with E-state index in [1.807, 2.05) is 12.2 Å². The van der Waals surface area contributed by atoms with Crippen LogP contribution in [0.5, 0.6) is 0 Å². The van der Waals surface area contributed by atoms with Crippen LogP contribution in [0.4, 0.5) is 5.69 Å². The molecule has 0 bridgehead atoms. The van der Waals surface area contributed by atoms with Gasteiger partial charge < -0.3 is 4.90 Å². The molecule has 16 heavy (non-hydrogen) atoms. The fraction of sp³-hybridized carbons (Fsp3) is 0.333. The van der Waals surface area contributed by atoms with Gasteiger partial charge in [0.15, 0.2) is 0 Å². The Balaban J connectivity index is 2.52. The summed E-state index contributed by atoms with van der Waals surface area (Å²) in [6.45, 7) is 12.3. The zero-order valence-corrected chi connectivity index (χ0v) is 10.00. The number of aryl methyl sites for hydroxylation is 1. The monoisotopic (exact) mass is 213 g/mol. The summed E-state index contributed by atoms with van der Waals surface area (Å²) < 4.78 is 0. The van der Waals surface area contributed by atoms with Gasteiger partial charge in [0.25, 0.3) is 0 Å². The van der Waals surface area contributed by atoms with Crippen LogP contribution in [0.25, 0.3) is 12.2 Å². The minimum atomic E-state index is 1.17. The largest absolute Gasteiger partial charge is 0.371 e. The molecule has 1 aromatic carbocycles. The molecule has 1 heteroatoms. The van der Waals surface area contributed by atoms with Gasteiger partial charge in [-0.3, -0.25) is 0 Å². The van der Waals surface area contributed by atoms with E-state index in [1.54, 1.807) is 0 Å². The lowest BCUT2D eigenvalue weighted by molar-refractivity contribution is 0.949. The van der Waals surface area contributed by atoms with Crippen molar-refractivity contribution in [2.24, 2.45) is 0 Å². The van der Waals surface area contributed by atoms with Crippen LogP contribution >= 0.6 is 0 Å². The highest BCUT2D eigenvalue weighted by Crippen LogP contribution is 2.30. The number of benzene rings is 1. The quantitative estimate of drug-likeness (QED) is 0.736. The molecule has 1 saturated heterocycles. The summed E-state index contributed by atoms with van der Waals surface area (Å²) in [7, 11) is 0. The van der Waals surface area contributed by atoms with Crippen LogP contribution in [0, 0.1) is 6.92 Å². The van der Waals surface area contributed by atoms with Gasteiger partial charge >= 0.3 is 0 Å². The zero-order chi connectivity index (χ0) is 11.5. The number of rotatable bonds is 3. The first kappa shape index (κ1) is 11.0. The Hall–Kier alpha value is -1.50. The molecule has 0 aromatic heterocycles. The second kappa shape index (κ2) is 4.56. The van der Waals surface area contributed by atoms with E-state index in [-0.39, 0.29) is 0 Å². The van der Waals surface area contributed by atoms with Crippen molar-refractivity contribution in [3.05, 3.63) is 42.0 Å². The van der Waals surface area contributed by atoms with Crippen LogP contribution in [0.1, 0.15) is 29.5 Å². The molecule has 0 atom stereocenters. The van der Waals surface area contributed by atoms with Gasteiger partial charge in [-0.25, -0.2) is 0 Å². The summed E-state index contributed by atoms with van der Waals surface area (Å²) in [6, 6.07) is 4.39. The molecular formula is C15H19N. The van der Waals surface area contributed by atoms with Crippen molar-refractivity contribution in [3.8, 4) is 0 Å². The summed E-state index contributed by atoms with van der Waals surface area (Å²) in [5.74, 6) is 0. The van der Waals surface area contributed by atoms with Crippen LogP contribution < -0.4 is 4.90 Å². The van der Waals surface area contributed by atoms with E-state index in [0.29, 0.717) is 0 Å². The fourth-order valence-corrected chi connectivity index (χ4v) is 2.45. The fourth-order valence-electron chi connectivity index (χ4n) is 2.45. The van der Waals surface area contributed by atoms with Crippen molar-refractivity contribution in [1.82, 2.24) is 0 Å². The van der Waals surface area contributed by atoms with Crippen LogP contribution in [0.3, 0.4) is 0 Å². The zero-order valence-electron chi connectivity index (χ0n) is 10.00. The van der Waals surface area contributed by atoms with Gasteiger partial charge in [0.2, 0.25) is 0 Å². The Morgan fingerprint density at radius 2 is 1.69 bits per heavy atom. The molecule has 1 nitrogen and oxygen atoms in total. The molecule has 0 N–H and O–H groups in total. The molecular weight excluding hydrogens is 194 g/mol. The van der Waals surface area contributed by atoms with Crippen molar-refractivity contribution in [1.29, 1.82) is 0 Å². The lowest BCUT2D eigenvalue weighted by Gasteiger charge is -2.22. The Morgan fingerprint density at radius 1 is 1.06 bits per heavy atom. The molecule has 1 aromatic rings. The third-order valence-corrected chi connectivity index (χ3v) is 3.34. The predicted octanol–water partition coefficient (Wildman–Crippen LogP) is 3.88. The maximum atomic E-state index is 3.94. The molecule has 2 rings (SSSR count). The van der Waals surface area contributed by atoms with E-state index in [9.17, 15) is 0 Å². The van der Waals surface area contributed by atoms with Crippen molar-refractivity contribution in [2.45, 2.75) is 19.8 Å². The number of hydrogen-bond donors (Lipinski definition) is 0. The normalized spacial score (nSPS) is 15.2. The van der Waals surface area contributed by atoms with E-state index in [1.165, 1.54) is 48.3 Å². The van der Waals surface area contributed by atoms with Crippen LogP contribution in [-0.2, 0) is 0 Å². The third kappa shape index (κ3) is 1.78. The summed E-state index contributed by atoms with van der Waals surface area (Å²) in [5, 5.41) is 0.